The Bertz CT molecular complexity index is 856. The Morgan fingerprint density at radius 1 is 1.40 bits per heavy atom. The van der Waals surface area contributed by atoms with Gasteiger partial charge in [-0.1, -0.05) is 6.07 Å². The highest BCUT2D eigenvalue weighted by atomic mass is 16.4. The summed E-state index contributed by atoms with van der Waals surface area (Å²) in [5.74, 6) is -1.07. The van der Waals surface area contributed by atoms with Crippen molar-refractivity contribution in [3.63, 3.8) is 0 Å². The summed E-state index contributed by atoms with van der Waals surface area (Å²) in [6, 6.07) is 6.55. The van der Waals surface area contributed by atoms with Crippen LogP contribution in [0.15, 0.2) is 35.3 Å². The molecule has 7 nitrogen and oxygen atoms in total. The van der Waals surface area contributed by atoms with Gasteiger partial charge in [0.1, 0.15) is 0 Å². The fourth-order valence-corrected chi connectivity index (χ4v) is 2.25. The number of aromatic carboxylic acids is 1. The summed E-state index contributed by atoms with van der Waals surface area (Å²) in [4.78, 5) is 25.9. The van der Waals surface area contributed by atoms with Gasteiger partial charge in [0, 0.05) is 13.2 Å². The van der Waals surface area contributed by atoms with Gasteiger partial charge in [-0.25, -0.2) is 9.59 Å². The van der Waals surface area contributed by atoms with Gasteiger partial charge in [-0.2, -0.15) is 5.10 Å². The maximum atomic E-state index is 12.0. The average molecular weight is 272 g/mol. The summed E-state index contributed by atoms with van der Waals surface area (Å²) in [7, 11) is 1.78. The molecule has 102 valence electrons. The van der Waals surface area contributed by atoms with Crippen LogP contribution in [0.2, 0.25) is 0 Å². The number of carboxylic acid groups (broad SMARTS) is 1. The van der Waals surface area contributed by atoms with E-state index in [1.54, 1.807) is 36.1 Å². The molecule has 0 aliphatic carbocycles. The lowest BCUT2D eigenvalue weighted by Crippen LogP contribution is -2.18. The molecule has 0 bridgehead atoms. The smallest absolute Gasteiger partial charge is 0.337 e. The summed E-state index contributed by atoms with van der Waals surface area (Å²) in [6.45, 7) is 0.226. The number of hydrogen-bond acceptors (Lipinski definition) is 3. The number of fused-ring (bicyclic) bond motifs is 1. The average Bonchev–Trinajstić information content (AvgIpc) is 2.94. The second-order valence-electron chi connectivity index (χ2n) is 4.50. The molecule has 0 aliphatic rings. The van der Waals surface area contributed by atoms with Gasteiger partial charge in [0.25, 0.3) is 0 Å². The molecule has 0 atom stereocenters. The number of carbonyl (C=O) groups is 1. The van der Waals surface area contributed by atoms with E-state index >= 15 is 0 Å². The summed E-state index contributed by atoms with van der Waals surface area (Å²) >= 11 is 0. The van der Waals surface area contributed by atoms with E-state index < -0.39 is 5.97 Å². The predicted octanol–water partition coefficient (Wildman–Crippen LogP) is 0.810. The standard InChI is InChI=1S/C13H12N4O3/c1-16-6-5-8(15-16)7-17-11-9(12(18)19)3-2-4-10(11)14-13(17)20/h2-6H,7H2,1H3,(H,14,20)(H,18,19). The molecule has 1 aromatic carbocycles. The highest BCUT2D eigenvalue weighted by Gasteiger charge is 2.16. The van der Waals surface area contributed by atoms with Crippen LogP contribution in [0.4, 0.5) is 0 Å². The molecule has 2 heterocycles. The van der Waals surface area contributed by atoms with Crippen LogP contribution in [0.1, 0.15) is 16.1 Å². The molecule has 0 unspecified atom stereocenters. The number of carboxylic acids is 1. The van der Waals surface area contributed by atoms with Crippen LogP contribution in [-0.4, -0.2) is 30.4 Å². The third-order valence-corrected chi connectivity index (χ3v) is 3.11. The van der Waals surface area contributed by atoms with Crippen LogP contribution >= 0.6 is 0 Å². The van der Waals surface area contributed by atoms with E-state index in [-0.39, 0.29) is 17.8 Å². The molecule has 2 N–H and O–H groups in total. The summed E-state index contributed by atoms with van der Waals surface area (Å²) < 4.78 is 3.02. The van der Waals surface area contributed by atoms with E-state index in [1.807, 2.05) is 0 Å². The quantitative estimate of drug-likeness (QED) is 0.738. The Labute approximate surface area is 113 Å². The number of nitrogens with zero attached hydrogens (tertiary/aromatic N) is 3. The second kappa shape index (κ2) is 4.37. The predicted molar refractivity (Wildman–Crippen MR) is 71.8 cm³/mol. The molecule has 3 aromatic rings. The number of H-pyrrole nitrogens is 1. The minimum atomic E-state index is -1.07. The van der Waals surface area contributed by atoms with E-state index in [0.717, 1.165) is 0 Å². The Kier molecular flexibility index (Phi) is 2.67. The van der Waals surface area contributed by atoms with Crippen molar-refractivity contribution in [3.05, 3.63) is 52.2 Å². The topological polar surface area (TPSA) is 92.9 Å². The number of aromatic nitrogens is 4. The van der Waals surface area contributed by atoms with E-state index in [2.05, 4.69) is 10.1 Å². The van der Waals surface area contributed by atoms with Crippen LogP contribution < -0.4 is 5.69 Å². The minimum Gasteiger partial charge on any atom is -0.478 e. The first kappa shape index (κ1) is 12.2. The number of hydrogen-bond donors (Lipinski definition) is 2. The first-order chi connectivity index (χ1) is 9.56. The molecule has 20 heavy (non-hydrogen) atoms. The number of benzene rings is 1. The van der Waals surface area contributed by atoms with Crippen LogP contribution in [-0.2, 0) is 13.6 Å². The Morgan fingerprint density at radius 3 is 2.85 bits per heavy atom. The molecule has 0 saturated carbocycles. The Balaban J connectivity index is 2.21. The molecule has 0 fully saturated rings. The molecular weight excluding hydrogens is 260 g/mol. The zero-order chi connectivity index (χ0) is 14.3. The molecular formula is C13H12N4O3. The van der Waals surface area contributed by atoms with Crippen LogP contribution in [0.5, 0.6) is 0 Å². The normalized spacial score (nSPS) is 11.1. The number of aryl methyl sites for hydroxylation is 1. The number of rotatable bonds is 3. The number of imidazole rings is 1. The zero-order valence-corrected chi connectivity index (χ0v) is 10.7. The first-order valence-corrected chi connectivity index (χ1v) is 5.99. The van der Waals surface area contributed by atoms with Crippen molar-refractivity contribution in [3.8, 4) is 0 Å². The fourth-order valence-electron chi connectivity index (χ4n) is 2.25. The molecule has 3 rings (SSSR count). The fraction of sp³-hybridized carbons (Fsp3) is 0.154. The van der Waals surface area contributed by atoms with Crippen LogP contribution in [0.25, 0.3) is 11.0 Å². The van der Waals surface area contributed by atoms with Crippen LogP contribution in [0.3, 0.4) is 0 Å². The van der Waals surface area contributed by atoms with E-state index in [0.29, 0.717) is 16.7 Å². The van der Waals surface area contributed by atoms with E-state index in [1.165, 1.54) is 10.6 Å². The summed E-state index contributed by atoms with van der Waals surface area (Å²) in [5, 5.41) is 13.4. The molecule has 7 heteroatoms. The SMILES string of the molecule is Cn1ccc(Cn2c(=O)[nH]c3cccc(C(=O)O)c32)n1. The van der Waals surface area contributed by atoms with E-state index in [4.69, 9.17) is 0 Å². The lowest BCUT2D eigenvalue weighted by Gasteiger charge is -2.03. The lowest BCUT2D eigenvalue weighted by atomic mass is 10.2. The largest absolute Gasteiger partial charge is 0.478 e. The van der Waals surface area contributed by atoms with Gasteiger partial charge in [-0.3, -0.25) is 9.25 Å². The highest BCUT2D eigenvalue weighted by molar-refractivity contribution is 6.01. The van der Waals surface area contributed by atoms with Crippen molar-refractivity contribution in [1.82, 2.24) is 19.3 Å². The Morgan fingerprint density at radius 2 is 2.20 bits per heavy atom. The van der Waals surface area contributed by atoms with Crippen molar-refractivity contribution in [2.75, 3.05) is 0 Å². The van der Waals surface area contributed by atoms with Gasteiger partial charge in [-0.05, 0) is 18.2 Å². The number of para-hydroxylation sites is 1. The Hall–Kier alpha value is -2.83. The third-order valence-electron chi connectivity index (χ3n) is 3.11. The molecule has 0 amide bonds. The summed E-state index contributed by atoms with van der Waals surface area (Å²) in [6.07, 6.45) is 1.77. The molecule has 0 radical (unpaired) electrons. The highest BCUT2D eigenvalue weighted by Crippen LogP contribution is 2.17. The molecule has 2 aromatic heterocycles. The minimum absolute atomic E-state index is 0.0942. The van der Waals surface area contributed by atoms with Gasteiger partial charge in [0.15, 0.2) is 0 Å². The van der Waals surface area contributed by atoms with Gasteiger partial charge in [0.2, 0.25) is 0 Å². The van der Waals surface area contributed by atoms with Gasteiger partial charge < -0.3 is 10.1 Å². The zero-order valence-electron chi connectivity index (χ0n) is 10.7. The third kappa shape index (κ3) is 1.89. The molecule has 0 spiro atoms. The van der Waals surface area contributed by atoms with Gasteiger partial charge in [-0.15, -0.1) is 0 Å². The monoisotopic (exact) mass is 272 g/mol. The summed E-state index contributed by atoms with van der Waals surface area (Å²) in [5.41, 5.74) is 1.33. The molecule has 0 aliphatic heterocycles. The van der Waals surface area contributed by atoms with Crippen LogP contribution in [0, 0.1) is 0 Å². The first-order valence-electron chi connectivity index (χ1n) is 5.99. The lowest BCUT2D eigenvalue weighted by molar-refractivity contribution is 0.0698. The number of aromatic amines is 1. The van der Waals surface area contributed by atoms with E-state index in [9.17, 15) is 14.7 Å². The van der Waals surface area contributed by atoms with Crippen molar-refractivity contribution in [1.29, 1.82) is 0 Å². The van der Waals surface area contributed by atoms with Crippen molar-refractivity contribution in [2.45, 2.75) is 6.54 Å². The second-order valence-corrected chi connectivity index (χ2v) is 4.50. The number of nitrogens with one attached hydrogen (secondary N) is 1. The molecule has 0 saturated heterocycles. The van der Waals surface area contributed by atoms with Crippen molar-refractivity contribution < 1.29 is 9.90 Å². The van der Waals surface area contributed by atoms with Crippen molar-refractivity contribution >= 4 is 17.0 Å². The maximum Gasteiger partial charge on any atom is 0.337 e. The maximum absolute atomic E-state index is 12.0. The van der Waals surface area contributed by atoms with Gasteiger partial charge >= 0.3 is 11.7 Å². The van der Waals surface area contributed by atoms with Gasteiger partial charge in [0.05, 0.1) is 28.8 Å². The van der Waals surface area contributed by atoms with Crippen molar-refractivity contribution in [2.24, 2.45) is 7.05 Å².